The Balaban J connectivity index is 1.99. The average Bonchev–Trinajstić information content (AvgIpc) is 3.06. The molecule has 0 radical (unpaired) electrons. The Kier molecular flexibility index (Phi) is 6.59. The van der Waals surface area contributed by atoms with Gasteiger partial charge in [0.05, 0.1) is 6.10 Å². The number of ether oxygens (including phenoxy) is 1. The van der Waals surface area contributed by atoms with E-state index in [9.17, 15) is 9.59 Å². The molecule has 1 atom stereocenters. The largest absolute Gasteiger partial charge is 0.376 e. The third-order valence-corrected chi connectivity index (χ3v) is 4.50. The summed E-state index contributed by atoms with van der Waals surface area (Å²) >= 11 is 0. The smallest absolute Gasteiger partial charge is 0.223 e. The fraction of sp³-hybridized carbons (Fsp3) is 0.600. The van der Waals surface area contributed by atoms with E-state index >= 15 is 0 Å². The minimum absolute atomic E-state index is 0.0463. The van der Waals surface area contributed by atoms with Crippen LogP contribution in [0.5, 0.6) is 0 Å². The normalized spacial score (nSPS) is 17.4. The zero-order chi connectivity index (χ0) is 18.4. The zero-order valence-electron chi connectivity index (χ0n) is 15.8. The van der Waals surface area contributed by atoms with E-state index in [1.165, 1.54) is 0 Å². The number of nitrogens with zero attached hydrogens (tertiary/aromatic N) is 1. The van der Waals surface area contributed by atoms with Gasteiger partial charge in [-0.1, -0.05) is 39.0 Å². The predicted octanol–water partition coefficient (Wildman–Crippen LogP) is 3.02. The lowest BCUT2D eigenvalue weighted by Crippen LogP contribution is -2.37. The third-order valence-electron chi connectivity index (χ3n) is 4.50. The van der Waals surface area contributed by atoms with Gasteiger partial charge in [0.1, 0.15) is 0 Å². The molecule has 1 aliphatic heterocycles. The molecule has 5 nitrogen and oxygen atoms in total. The van der Waals surface area contributed by atoms with Gasteiger partial charge in [-0.25, -0.2) is 0 Å². The minimum Gasteiger partial charge on any atom is -0.376 e. The highest BCUT2D eigenvalue weighted by Gasteiger charge is 2.23. The number of benzene rings is 1. The summed E-state index contributed by atoms with van der Waals surface area (Å²) in [6.07, 6.45) is 2.47. The third kappa shape index (κ3) is 5.56. The Bertz CT molecular complexity index is 601. The first-order valence-electron chi connectivity index (χ1n) is 9.05. The number of hydrogen-bond donors (Lipinski definition) is 1. The van der Waals surface area contributed by atoms with E-state index in [4.69, 9.17) is 4.74 Å². The molecule has 1 aromatic carbocycles. The molecule has 0 aromatic heterocycles. The summed E-state index contributed by atoms with van der Waals surface area (Å²) < 4.78 is 5.51. The van der Waals surface area contributed by atoms with Crippen molar-refractivity contribution in [2.75, 3.05) is 24.6 Å². The van der Waals surface area contributed by atoms with Gasteiger partial charge in [0.2, 0.25) is 11.8 Å². The van der Waals surface area contributed by atoms with Crippen molar-refractivity contribution in [3.05, 3.63) is 29.8 Å². The van der Waals surface area contributed by atoms with Gasteiger partial charge in [0.15, 0.2) is 0 Å². The first kappa shape index (κ1) is 19.4. The molecule has 1 heterocycles. The molecule has 1 saturated heterocycles. The molecule has 1 unspecified atom stereocenters. The number of amides is 2. The Morgan fingerprint density at radius 2 is 2.00 bits per heavy atom. The lowest BCUT2D eigenvalue weighted by molar-refractivity contribution is -0.121. The van der Waals surface area contributed by atoms with Crippen LogP contribution in [0.2, 0.25) is 0 Å². The number of nitrogens with one attached hydrogen (secondary N) is 1. The molecule has 5 heteroatoms. The number of para-hydroxylation sites is 1. The summed E-state index contributed by atoms with van der Waals surface area (Å²) in [5, 5.41) is 2.91. The highest BCUT2D eigenvalue weighted by molar-refractivity contribution is 5.93. The average molecular weight is 346 g/mol. The lowest BCUT2D eigenvalue weighted by Gasteiger charge is -2.29. The monoisotopic (exact) mass is 346 g/mol. The van der Waals surface area contributed by atoms with Crippen molar-refractivity contribution < 1.29 is 14.3 Å². The second-order valence-electron chi connectivity index (χ2n) is 7.63. The molecule has 0 spiro atoms. The van der Waals surface area contributed by atoms with Crippen LogP contribution in [0.4, 0.5) is 5.69 Å². The number of rotatable bonds is 6. The van der Waals surface area contributed by atoms with Crippen LogP contribution in [-0.4, -0.2) is 37.6 Å². The first-order chi connectivity index (χ1) is 11.8. The van der Waals surface area contributed by atoms with Crippen molar-refractivity contribution >= 4 is 17.5 Å². The van der Waals surface area contributed by atoms with Gasteiger partial charge in [-0.15, -0.1) is 0 Å². The van der Waals surface area contributed by atoms with Crippen LogP contribution in [0.1, 0.15) is 52.5 Å². The van der Waals surface area contributed by atoms with Crippen LogP contribution >= 0.6 is 0 Å². The van der Waals surface area contributed by atoms with Gasteiger partial charge in [0.25, 0.3) is 0 Å². The fourth-order valence-electron chi connectivity index (χ4n) is 3.13. The molecule has 2 rings (SSSR count). The SMILES string of the molecule is CC(=O)N(CCC(=O)NCC1CCCO1)c1ccccc1C(C)(C)C. The van der Waals surface area contributed by atoms with Crippen molar-refractivity contribution in [3.8, 4) is 0 Å². The summed E-state index contributed by atoms with van der Waals surface area (Å²) in [5.41, 5.74) is 1.91. The summed E-state index contributed by atoms with van der Waals surface area (Å²) in [6.45, 7) is 9.62. The van der Waals surface area contributed by atoms with E-state index in [1.807, 2.05) is 24.3 Å². The maximum atomic E-state index is 12.2. The predicted molar refractivity (Wildman–Crippen MR) is 99.8 cm³/mol. The Hall–Kier alpha value is -1.88. The molecular weight excluding hydrogens is 316 g/mol. The topological polar surface area (TPSA) is 58.6 Å². The van der Waals surface area contributed by atoms with Gasteiger partial charge < -0.3 is 15.0 Å². The van der Waals surface area contributed by atoms with Gasteiger partial charge in [0, 0.05) is 38.7 Å². The molecule has 25 heavy (non-hydrogen) atoms. The molecule has 2 amide bonds. The summed E-state index contributed by atoms with van der Waals surface area (Å²) in [4.78, 5) is 26.0. The molecule has 138 valence electrons. The quantitative estimate of drug-likeness (QED) is 0.861. The summed E-state index contributed by atoms with van der Waals surface area (Å²) in [6, 6.07) is 7.91. The molecule has 1 N–H and O–H groups in total. The van der Waals surface area contributed by atoms with Crippen LogP contribution in [0.3, 0.4) is 0 Å². The number of carbonyl (C=O) groups excluding carboxylic acids is 2. The van der Waals surface area contributed by atoms with Crippen molar-refractivity contribution in [3.63, 3.8) is 0 Å². The summed E-state index contributed by atoms with van der Waals surface area (Å²) in [7, 11) is 0. The second kappa shape index (κ2) is 8.48. The molecule has 0 bridgehead atoms. The van der Waals surface area contributed by atoms with Gasteiger partial charge in [-0.05, 0) is 29.9 Å². The molecule has 1 aliphatic rings. The van der Waals surface area contributed by atoms with Crippen LogP contribution < -0.4 is 10.2 Å². The van der Waals surface area contributed by atoms with Crippen LogP contribution in [-0.2, 0) is 19.7 Å². The molecule has 0 saturated carbocycles. The number of carbonyl (C=O) groups is 2. The van der Waals surface area contributed by atoms with Crippen LogP contribution in [0, 0.1) is 0 Å². The molecule has 0 aliphatic carbocycles. The van der Waals surface area contributed by atoms with E-state index in [0.717, 1.165) is 30.7 Å². The second-order valence-corrected chi connectivity index (χ2v) is 7.63. The molecule has 1 aromatic rings. The van der Waals surface area contributed by atoms with Gasteiger partial charge in [-0.2, -0.15) is 0 Å². The van der Waals surface area contributed by atoms with Crippen LogP contribution in [0.25, 0.3) is 0 Å². The van der Waals surface area contributed by atoms with Crippen molar-refractivity contribution in [2.24, 2.45) is 0 Å². The Morgan fingerprint density at radius 3 is 2.60 bits per heavy atom. The first-order valence-corrected chi connectivity index (χ1v) is 9.05. The highest BCUT2D eigenvalue weighted by atomic mass is 16.5. The zero-order valence-corrected chi connectivity index (χ0v) is 15.8. The van der Waals surface area contributed by atoms with Gasteiger partial charge >= 0.3 is 0 Å². The van der Waals surface area contributed by atoms with Crippen molar-refractivity contribution in [1.29, 1.82) is 0 Å². The highest BCUT2D eigenvalue weighted by Crippen LogP contribution is 2.32. The Labute approximate surface area is 150 Å². The van der Waals surface area contributed by atoms with E-state index in [1.54, 1.807) is 11.8 Å². The van der Waals surface area contributed by atoms with E-state index < -0.39 is 0 Å². The molecular formula is C20H30N2O3. The van der Waals surface area contributed by atoms with E-state index in [2.05, 4.69) is 26.1 Å². The minimum atomic E-state index is -0.0770. The lowest BCUT2D eigenvalue weighted by atomic mass is 9.85. The number of hydrogen-bond acceptors (Lipinski definition) is 3. The fourth-order valence-corrected chi connectivity index (χ4v) is 3.13. The standard InChI is InChI=1S/C20H30N2O3/c1-15(23)22(18-10-6-5-9-17(18)20(2,3)4)12-11-19(24)21-14-16-8-7-13-25-16/h5-6,9-10,16H,7-8,11-14H2,1-4H3,(H,21,24). The van der Waals surface area contributed by atoms with Crippen molar-refractivity contribution in [2.45, 2.75) is 58.5 Å². The maximum Gasteiger partial charge on any atom is 0.223 e. The van der Waals surface area contributed by atoms with Crippen molar-refractivity contribution in [1.82, 2.24) is 5.32 Å². The van der Waals surface area contributed by atoms with E-state index in [-0.39, 0.29) is 29.8 Å². The van der Waals surface area contributed by atoms with E-state index in [0.29, 0.717) is 13.1 Å². The van der Waals surface area contributed by atoms with Crippen LogP contribution in [0.15, 0.2) is 24.3 Å². The van der Waals surface area contributed by atoms with Gasteiger partial charge in [-0.3, -0.25) is 9.59 Å². The number of anilines is 1. The summed E-state index contributed by atoms with van der Waals surface area (Å²) in [5.74, 6) is -0.0985. The maximum absolute atomic E-state index is 12.2. The molecule has 1 fully saturated rings. The Morgan fingerprint density at radius 1 is 1.28 bits per heavy atom.